The van der Waals surface area contributed by atoms with Crippen molar-refractivity contribution in [3.05, 3.63) is 52.9 Å². The lowest BCUT2D eigenvalue weighted by Crippen LogP contribution is -2.36. The van der Waals surface area contributed by atoms with Crippen LogP contribution in [0.25, 0.3) is 11.1 Å². The van der Waals surface area contributed by atoms with Crippen LogP contribution in [0.4, 0.5) is 5.69 Å². The molecule has 0 fully saturated rings. The summed E-state index contributed by atoms with van der Waals surface area (Å²) in [6.07, 6.45) is 3.55. The number of nitrogens with one attached hydrogen (secondary N) is 1. The molecule has 5 nitrogen and oxygen atoms in total. The number of ether oxygens (including phenoxy) is 1. The number of hydrogen-bond acceptors (Lipinski definition) is 6. The standard InChI is InChI=1S/C17H15N3O2S/c1-22-17(21)14-8-15-16(19-14)18-10-20(15)13-4-2-3-11(7-13)12-5-6-23-9-12/h2-10,15-16,19H,1H3. The van der Waals surface area contributed by atoms with Gasteiger partial charge in [0.1, 0.15) is 11.9 Å². The van der Waals surface area contributed by atoms with Gasteiger partial charge in [-0.3, -0.25) is 0 Å². The Morgan fingerprint density at radius 3 is 3.04 bits per heavy atom. The Balaban J connectivity index is 1.64. The van der Waals surface area contributed by atoms with Gasteiger partial charge in [0.15, 0.2) is 0 Å². The molecule has 0 saturated heterocycles. The van der Waals surface area contributed by atoms with E-state index in [4.69, 9.17) is 4.74 Å². The molecule has 0 bridgehead atoms. The van der Waals surface area contributed by atoms with E-state index in [0.29, 0.717) is 5.70 Å². The van der Waals surface area contributed by atoms with Gasteiger partial charge in [0.2, 0.25) is 0 Å². The number of aliphatic imine (C=N–C) groups is 1. The second kappa shape index (κ2) is 5.55. The van der Waals surface area contributed by atoms with Gasteiger partial charge in [-0.2, -0.15) is 11.3 Å². The number of fused-ring (bicyclic) bond motifs is 1. The molecule has 2 aliphatic rings. The van der Waals surface area contributed by atoms with E-state index in [1.807, 2.05) is 24.5 Å². The third-order valence-electron chi connectivity index (χ3n) is 4.04. The minimum atomic E-state index is -0.360. The lowest BCUT2D eigenvalue weighted by atomic mass is 10.1. The zero-order chi connectivity index (χ0) is 15.8. The Kier molecular flexibility index (Phi) is 3.38. The molecule has 1 N–H and O–H groups in total. The van der Waals surface area contributed by atoms with Crippen molar-refractivity contribution in [2.24, 2.45) is 4.99 Å². The minimum Gasteiger partial charge on any atom is -0.464 e. The predicted octanol–water partition coefficient (Wildman–Crippen LogP) is 2.62. The normalized spacial score (nSPS) is 21.8. The van der Waals surface area contributed by atoms with Gasteiger partial charge in [-0.15, -0.1) is 0 Å². The molecule has 0 radical (unpaired) electrons. The first-order chi connectivity index (χ1) is 11.3. The first-order valence-electron chi connectivity index (χ1n) is 7.27. The molecule has 2 atom stereocenters. The number of carbonyl (C=O) groups is 1. The number of anilines is 1. The number of rotatable bonds is 3. The highest BCUT2D eigenvalue weighted by atomic mass is 32.1. The third kappa shape index (κ3) is 2.41. The highest BCUT2D eigenvalue weighted by molar-refractivity contribution is 7.08. The van der Waals surface area contributed by atoms with Crippen LogP contribution in [0.3, 0.4) is 0 Å². The van der Waals surface area contributed by atoms with Gasteiger partial charge in [-0.05, 0) is 46.2 Å². The van der Waals surface area contributed by atoms with E-state index in [1.54, 1.807) is 11.3 Å². The highest BCUT2D eigenvalue weighted by Gasteiger charge is 2.37. The van der Waals surface area contributed by atoms with E-state index in [0.717, 1.165) is 5.69 Å². The molecule has 0 amide bonds. The third-order valence-corrected chi connectivity index (χ3v) is 4.72. The minimum absolute atomic E-state index is 0.0122. The van der Waals surface area contributed by atoms with Crippen molar-refractivity contribution in [1.82, 2.24) is 5.32 Å². The van der Waals surface area contributed by atoms with Gasteiger partial charge in [-0.25, -0.2) is 9.79 Å². The number of hydrogen-bond donors (Lipinski definition) is 1. The molecule has 3 heterocycles. The van der Waals surface area contributed by atoms with Crippen LogP contribution in [0.5, 0.6) is 0 Å². The number of thiophene rings is 1. The predicted molar refractivity (Wildman–Crippen MR) is 91.5 cm³/mol. The number of nitrogens with zero attached hydrogens (tertiary/aromatic N) is 2. The summed E-state index contributed by atoms with van der Waals surface area (Å²) in [5.74, 6) is -0.360. The number of esters is 1. The van der Waals surface area contributed by atoms with Gasteiger partial charge in [0.25, 0.3) is 0 Å². The van der Waals surface area contributed by atoms with Crippen molar-refractivity contribution in [3.63, 3.8) is 0 Å². The fourth-order valence-corrected chi connectivity index (χ4v) is 3.55. The van der Waals surface area contributed by atoms with Crippen LogP contribution in [0.15, 0.2) is 57.9 Å². The molecule has 1 aromatic carbocycles. The molecular weight excluding hydrogens is 310 g/mol. The Hall–Kier alpha value is -2.60. The van der Waals surface area contributed by atoms with E-state index < -0.39 is 0 Å². The summed E-state index contributed by atoms with van der Waals surface area (Å²) in [5, 5.41) is 7.30. The van der Waals surface area contributed by atoms with Crippen LogP contribution in [0, 0.1) is 0 Å². The van der Waals surface area contributed by atoms with Crippen LogP contribution >= 0.6 is 11.3 Å². The maximum atomic E-state index is 11.7. The Labute approximate surface area is 137 Å². The molecule has 1 aromatic heterocycles. The Morgan fingerprint density at radius 2 is 2.26 bits per heavy atom. The Bertz CT molecular complexity index is 798. The summed E-state index contributed by atoms with van der Waals surface area (Å²) < 4.78 is 4.77. The average Bonchev–Trinajstić information content (AvgIpc) is 3.30. The van der Waals surface area contributed by atoms with Crippen molar-refractivity contribution in [3.8, 4) is 11.1 Å². The summed E-state index contributed by atoms with van der Waals surface area (Å²) in [6, 6.07) is 10.4. The molecular formula is C17H15N3O2S. The van der Waals surface area contributed by atoms with E-state index in [9.17, 15) is 4.79 Å². The number of carbonyl (C=O) groups excluding carboxylic acids is 1. The van der Waals surface area contributed by atoms with E-state index in [2.05, 4.69) is 44.2 Å². The smallest absolute Gasteiger partial charge is 0.353 e. The van der Waals surface area contributed by atoms with Crippen molar-refractivity contribution >= 4 is 29.3 Å². The maximum absolute atomic E-state index is 11.7. The van der Waals surface area contributed by atoms with Gasteiger partial charge in [0.05, 0.1) is 19.5 Å². The lowest BCUT2D eigenvalue weighted by molar-refractivity contribution is -0.136. The summed E-state index contributed by atoms with van der Waals surface area (Å²) in [5.41, 5.74) is 3.90. The monoisotopic (exact) mass is 325 g/mol. The fraction of sp³-hybridized carbons (Fsp3) is 0.176. The van der Waals surface area contributed by atoms with Crippen molar-refractivity contribution in [1.29, 1.82) is 0 Å². The largest absolute Gasteiger partial charge is 0.464 e. The van der Waals surface area contributed by atoms with Crippen molar-refractivity contribution < 1.29 is 9.53 Å². The van der Waals surface area contributed by atoms with Crippen LogP contribution in [-0.2, 0) is 9.53 Å². The molecule has 2 aromatic rings. The Morgan fingerprint density at radius 1 is 1.35 bits per heavy atom. The zero-order valence-electron chi connectivity index (χ0n) is 12.5. The van der Waals surface area contributed by atoms with Gasteiger partial charge >= 0.3 is 5.97 Å². The van der Waals surface area contributed by atoms with E-state index >= 15 is 0 Å². The average molecular weight is 325 g/mol. The molecule has 0 spiro atoms. The second-order valence-electron chi connectivity index (χ2n) is 5.39. The summed E-state index contributed by atoms with van der Waals surface area (Å²) in [6.45, 7) is 0. The lowest BCUT2D eigenvalue weighted by Gasteiger charge is -2.22. The van der Waals surface area contributed by atoms with Gasteiger partial charge in [0, 0.05) is 5.69 Å². The fourth-order valence-electron chi connectivity index (χ4n) is 2.88. The topological polar surface area (TPSA) is 53.9 Å². The van der Waals surface area contributed by atoms with Crippen LogP contribution in [-0.4, -0.2) is 31.6 Å². The molecule has 4 rings (SSSR count). The first-order valence-corrected chi connectivity index (χ1v) is 8.21. The summed E-state index contributed by atoms with van der Waals surface area (Å²) >= 11 is 1.68. The van der Waals surface area contributed by atoms with E-state index in [-0.39, 0.29) is 18.2 Å². The summed E-state index contributed by atoms with van der Waals surface area (Å²) in [4.78, 5) is 18.2. The molecule has 23 heavy (non-hydrogen) atoms. The van der Waals surface area contributed by atoms with Gasteiger partial charge in [-0.1, -0.05) is 12.1 Å². The number of methoxy groups -OCH3 is 1. The molecule has 2 unspecified atom stereocenters. The zero-order valence-corrected chi connectivity index (χ0v) is 13.3. The molecule has 6 heteroatoms. The molecule has 0 aliphatic carbocycles. The second-order valence-corrected chi connectivity index (χ2v) is 6.17. The van der Waals surface area contributed by atoms with Crippen LogP contribution in [0.1, 0.15) is 0 Å². The highest BCUT2D eigenvalue weighted by Crippen LogP contribution is 2.31. The number of benzene rings is 1. The molecule has 2 aliphatic heterocycles. The quantitative estimate of drug-likeness (QED) is 0.882. The van der Waals surface area contributed by atoms with Crippen molar-refractivity contribution in [2.75, 3.05) is 12.0 Å². The van der Waals surface area contributed by atoms with Crippen LogP contribution in [0.2, 0.25) is 0 Å². The van der Waals surface area contributed by atoms with Crippen LogP contribution < -0.4 is 10.2 Å². The maximum Gasteiger partial charge on any atom is 0.353 e. The molecule has 116 valence electrons. The van der Waals surface area contributed by atoms with E-state index in [1.165, 1.54) is 18.2 Å². The SMILES string of the molecule is COC(=O)C1=CC2C(N=CN2c2cccc(-c3ccsc3)c2)N1. The molecule has 0 saturated carbocycles. The first kappa shape index (κ1) is 14.0. The summed E-state index contributed by atoms with van der Waals surface area (Å²) in [7, 11) is 1.38. The van der Waals surface area contributed by atoms with Crippen molar-refractivity contribution in [2.45, 2.75) is 12.2 Å². The van der Waals surface area contributed by atoms with Gasteiger partial charge < -0.3 is 15.0 Å².